The van der Waals surface area contributed by atoms with Crippen molar-refractivity contribution in [2.45, 2.75) is 19.4 Å². The van der Waals surface area contributed by atoms with Crippen LogP contribution in [0.4, 0.5) is 0 Å². The van der Waals surface area contributed by atoms with E-state index in [9.17, 15) is 9.59 Å². The highest BCUT2D eigenvalue weighted by Gasteiger charge is 2.27. The number of hydrogen-bond donors (Lipinski definition) is 0. The average Bonchev–Trinajstić information content (AvgIpc) is 2.83. The molecule has 3 aromatic rings. The topological polar surface area (TPSA) is 55.8 Å². The van der Waals surface area contributed by atoms with E-state index in [1.807, 2.05) is 48.5 Å². The van der Waals surface area contributed by atoms with Crippen LogP contribution in [0.3, 0.4) is 0 Å². The van der Waals surface area contributed by atoms with Crippen LogP contribution in [0.15, 0.2) is 72.8 Å². The fourth-order valence-corrected chi connectivity index (χ4v) is 3.89. The molecule has 1 heterocycles. The fraction of sp³-hybridized carbons (Fsp3) is 0.308. The molecule has 0 aromatic heterocycles. The number of carbonyl (C=O) groups is 2. The molecule has 0 N–H and O–H groups in total. The van der Waals surface area contributed by atoms with E-state index in [2.05, 4.69) is 24.3 Å². The van der Waals surface area contributed by atoms with E-state index in [0.29, 0.717) is 32.7 Å². The second kappa shape index (κ2) is 10.2. The van der Waals surface area contributed by atoms with Crippen LogP contribution >= 0.6 is 0 Å². The van der Waals surface area contributed by atoms with E-state index in [4.69, 9.17) is 9.47 Å². The zero-order valence-corrected chi connectivity index (χ0v) is 17.5. The molecule has 3 aromatic carbocycles. The Morgan fingerprint density at radius 3 is 2.35 bits per heavy atom. The van der Waals surface area contributed by atoms with Crippen molar-refractivity contribution >= 4 is 22.6 Å². The molecule has 0 saturated carbocycles. The predicted octanol–water partition coefficient (Wildman–Crippen LogP) is 3.99. The molecule has 1 fully saturated rings. The minimum absolute atomic E-state index is 0.0225. The number of fused-ring (bicyclic) bond motifs is 1. The maximum Gasteiger partial charge on any atom is 0.310 e. The third-order valence-corrected chi connectivity index (χ3v) is 5.64. The summed E-state index contributed by atoms with van der Waals surface area (Å²) in [6.45, 7) is 2.43. The van der Waals surface area contributed by atoms with E-state index in [1.54, 1.807) is 4.90 Å². The molecular formula is C26H27NO4. The molecule has 1 saturated heterocycles. The monoisotopic (exact) mass is 417 g/mol. The van der Waals surface area contributed by atoms with Crippen LogP contribution in [0.2, 0.25) is 0 Å². The minimum Gasteiger partial charge on any atom is -0.461 e. The van der Waals surface area contributed by atoms with Crippen molar-refractivity contribution in [3.8, 4) is 0 Å². The highest BCUT2D eigenvalue weighted by atomic mass is 16.5. The standard InChI is InChI=1S/C26H27NO4/c28-25(27-12-14-30-15-13-27)18-24(26(29)31-19-20-6-2-1-3-7-20)17-21-10-11-22-8-4-5-9-23(22)16-21/h1-11,16,24H,12-15,17-19H2. The van der Waals surface area contributed by atoms with Gasteiger partial charge in [0, 0.05) is 19.5 Å². The van der Waals surface area contributed by atoms with Crippen LogP contribution in [0.5, 0.6) is 0 Å². The summed E-state index contributed by atoms with van der Waals surface area (Å²) < 4.78 is 10.9. The molecule has 160 valence electrons. The van der Waals surface area contributed by atoms with Crippen molar-refractivity contribution in [3.63, 3.8) is 0 Å². The number of rotatable bonds is 7. The third kappa shape index (κ3) is 5.70. The Hall–Kier alpha value is -3.18. The van der Waals surface area contributed by atoms with E-state index >= 15 is 0 Å². The van der Waals surface area contributed by atoms with Gasteiger partial charge in [0.2, 0.25) is 5.91 Å². The quantitative estimate of drug-likeness (QED) is 0.546. The van der Waals surface area contributed by atoms with Crippen LogP contribution in [-0.4, -0.2) is 43.1 Å². The first kappa shape index (κ1) is 21.1. The first-order valence-electron chi connectivity index (χ1n) is 10.7. The van der Waals surface area contributed by atoms with E-state index in [0.717, 1.165) is 21.9 Å². The lowest BCUT2D eigenvalue weighted by molar-refractivity contribution is -0.153. The summed E-state index contributed by atoms with van der Waals surface area (Å²) >= 11 is 0. The van der Waals surface area contributed by atoms with Crippen molar-refractivity contribution in [1.29, 1.82) is 0 Å². The number of hydrogen-bond acceptors (Lipinski definition) is 4. The number of ether oxygens (including phenoxy) is 2. The Bertz CT molecular complexity index is 1030. The molecule has 0 bridgehead atoms. The molecule has 1 aliphatic heterocycles. The van der Waals surface area contributed by atoms with Gasteiger partial charge in [-0.2, -0.15) is 0 Å². The number of nitrogens with zero attached hydrogens (tertiary/aromatic N) is 1. The highest BCUT2D eigenvalue weighted by molar-refractivity contribution is 5.85. The molecular weight excluding hydrogens is 390 g/mol. The Morgan fingerprint density at radius 1 is 0.871 bits per heavy atom. The lowest BCUT2D eigenvalue weighted by atomic mass is 9.94. The van der Waals surface area contributed by atoms with Crippen LogP contribution in [-0.2, 0) is 32.1 Å². The molecule has 1 aliphatic rings. The van der Waals surface area contributed by atoms with Gasteiger partial charge in [0.1, 0.15) is 6.61 Å². The van der Waals surface area contributed by atoms with Gasteiger partial charge in [-0.3, -0.25) is 9.59 Å². The van der Waals surface area contributed by atoms with Gasteiger partial charge >= 0.3 is 5.97 Å². The number of esters is 1. The van der Waals surface area contributed by atoms with Gasteiger partial charge in [-0.1, -0.05) is 72.8 Å². The molecule has 0 aliphatic carbocycles. The third-order valence-electron chi connectivity index (χ3n) is 5.64. The molecule has 31 heavy (non-hydrogen) atoms. The maximum absolute atomic E-state index is 13.0. The van der Waals surface area contributed by atoms with Gasteiger partial charge < -0.3 is 14.4 Å². The van der Waals surface area contributed by atoms with E-state index in [-0.39, 0.29) is 24.9 Å². The normalized spacial score (nSPS) is 14.9. The second-order valence-electron chi connectivity index (χ2n) is 7.87. The summed E-state index contributed by atoms with van der Waals surface area (Å²) in [4.78, 5) is 27.6. The van der Waals surface area contributed by atoms with Gasteiger partial charge in [0.25, 0.3) is 0 Å². The highest BCUT2D eigenvalue weighted by Crippen LogP contribution is 2.21. The summed E-state index contributed by atoms with van der Waals surface area (Å²) in [5.41, 5.74) is 1.95. The number of carbonyl (C=O) groups excluding carboxylic acids is 2. The van der Waals surface area contributed by atoms with E-state index < -0.39 is 5.92 Å². The minimum atomic E-state index is -0.528. The number of benzene rings is 3. The maximum atomic E-state index is 13.0. The second-order valence-corrected chi connectivity index (χ2v) is 7.87. The Balaban J connectivity index is 1.48. The molecule has 4 rings (SSSR count). The van der Waals surface area contributed by atoms with Crippen molar-refractivity contribution in [3.05, 3.63) is 83.9 Å². The van der Waals surface area contributed by atoms with Crippen molar-refractivity contribution < 1.29 is 19.1 Å². The summed E-state index contributed by atoms with van der Waals surface area (Å²) in [7, 11) is 0. The zero-order valence-electron chi connectivity index (χ0n) is 17.5. The predicted molar refractivity (Wildman–Crippen MR) is 119 cm³/mol. The lowest BCUT2D eigenvalue weighted by Gasteiger charge is -2.28. The molecule has 1 atom stereocenters. The summed E-state index contributed by atoms with van der Waals surface area (Å²) in [5.74, 6) is -0.885. The van der Waals surface area contributed by atoms with Crippen LogP contribution in [0.25, 0.3) is 10.8 Å². The largest absolute Gasteiger partial charge is 0.461 e. The van der Waals surface area contributed by atoms with Crippen molar-refractivity contribution in [2.75, 3.05) is 26.3 Å². The van der Waals surface area contributed by atoms with E-state index in [1.165, 1.54) is 0 Å². The molecule has 0 radical (unpaired) electrons. The van der Waals surface area contributed by atoms with Crippen molar-refractivity contribution in [2.24, 2.45) is 5.92 Å². The SMILES string of the molecule is O=C(OCc1ccccc1)C(CC(=O)N1CCOCC1)Cc1ccc2ccccc2c1. The Morgan fingerprint density at radius 2 is 1.58 bits per heavy atom. The molecule has 5 nitrogen and oxygen atoms in total. The van der Waals surface area contributed by atoms with Gasteiger partial charge in [0.05, 0.1) is 19.1 Å². The fourth-order valence-electron chi connectivity index (χ4n) is 3.89. The van der Waals surface area contributed by atoms with Crippen LogP contribution < -0.4 is 0 Å². The molecule has 1 unspecified atom stereocenters. The zero-order chi connectivity index (χ0) is 21.5. The molecule has 5 heteroatoms. The Labute approximate surface area is 182 Å². The smallest absolute Gasteiger partial charge is 0.310 e. The van der Waals surface area contributed by atoms with Gasteiger partial charge in [-0.05, 0) is 28.3 Å². The first-order valence-corrected chi connectivity index (χ1v) is 10.7. The lowest BCUT2D eigenvalue weighted by Crippen LogP contribution is -2.42. The first-order chi connectivity index (χ1) is 15.2. The number of amides is 1. The van der Waals surface area contributed by atoms with Gasteiger partial charge in [0.15, 0.2) is 0 Å². The van der Waals surface area contributed by atoms with Crippen LogP contribution in [0, 0.1) is 5.92 Å². The molecule has 0 spiro atoms. The Kier molecular flexibility index (Phi) is 6.95. The average molecular weight is 418 g/mol. The van der Waals surface area contributed by atoms with Crippen molar-refractivity contribution in [1.82, 2.24) is 4.90 Å². The van der Waals surface area contributed by atoms with Crippen LogP contribution in [0.1, 0.15) is 17.5 Å². The van der Waals surface area contributed by atoms with Gasteiger partial charge in [-0.25, -0.2) is 0 Å². The van der Waals surface area contributed by atoms with Gasteiger partial charge in [-0.15, -0.1) is 0 Å². The number of morpholine rings is 1. The summed E-state index contributed by atoms with van der Waals surface area (Å²) in [6.07, 6.45) is 0.606. The summed E-state index contributed by atoms with van der Waals surface area (Å²) in [5, 5.41) is 2.27. The molecule has 1 amide bonds. The summed E-state index contributed by atoms with van der Waals surface area (Å²) in [6, 6.07) is 23.9.